The van der Waals surface area contributed by atoms with Gasteiger partial charge in [0.05, 0.1) is 21.8 Å². The first-order valence-electron chi connectivity index (χ1n) is 6.78. The van der Waals surface area contributed by atoms with Crippen molar-refractivity contribution < 1.29 is 9.18 Å². The van der Waals surface area contributed by atoms with Crippen molar-refractivity contribution >= 4 is 28.5 Å². The number of aromatic nitrogens is 2. The smallest absolute Gasteiger partial charge is 0.227 e. The highest BCUT2D eigenvalue weighted by Gasteiger charge is 2.29. The van der Waals surface area contributed by atoms with Gasteiger partial charge in [0, 0.05) is 19.7 Å². The van der Waals surface area contributed by atoms with Gasteiger partial charge in [-0.1, -0.05) is 0 Å². The number of nitrogens with zero attached hydrogens (tertiary/aromatic N) is 2. The maximum absolute atomic E-state index is 13.4. The van der Waals surface area contributed by atoms with Gasteiger partial charge >= 0.3 is 0 Å². The number of imidazole rings is 1. The number of halogens is 2. The molecule has 0 saturated carbocycles. The summed E-state index contributed by atoms with van der Waals surface area (Å²) < 4.78 is 15.2. The minimum Gasteiger partial charge on any atom is -0.359 e. The number of carbonyl (C=O) groups is 1. The number of alkyl halides is 1. The predicted molar refractivity (Wildman–Crippen MR) is 81.8 cm³/mol. The molecule has 6 heteroatoms. The fraction of sp³-hybridized carbons (Fsp3) is 0.467. The Hall–Kier alpha value is -1.62. The Morgan fingerprint density at radius 1 is 1.52 bits per heavy atom. The number of nitrogens with one attached hydrogen (secondary N) is 1. The third-order valence-electron chi connectivity index (χ3n) is 3.49. The van der Waals surface area contributed by atoms with Gasteiger partial charge in [0.1, 0.15) is 11.6 Å². The SMILES string of the molecule is CNC(=O)C(C)(C)Cn1c(C(C)Cl)nc2cc(F)ccc21. The van der Waals surface area contributed by atoms with Crippen LogP contribution in [0.3, 0.4) is 0 Å². The molecule has 1 amide bonds. The molecule has 0 saturated heterocycles. The van der Waals surface area contributed by atoms with Crippen LogP contribution >= 0.6 is 11.6 Å². The second-order valence-corrected chi connectivity index (χ2v) is 6.42. The molecule has 1 aromatic carbocycles. The largest absolute Gasteiger partial charge is 0.359 e. The van der Waals surface area contributed by atoms with Crippen LogP contribution in [-0.4, -0.2) is 22.5 Å². The quantitative estimate of drug-likeness (QED) is 0.881. The molecule has 4 nitrogen and oxygen atoms in total. The molecule has 0 bridgehead atoms. The molecule has 0 spiro atoms. The summed E-state index contributed by atoms with van der Waals surface area (Å²) >= 11 is 6.18. The van der Waals surface area contributed by atoms with Crippen molar-refractivity contribution in [2.75, 3.05) is 7.05 Å². The number of carbonyl (C=O) groups excluding carboxylic acids is 1. The van der Waals surface area contributed by atoms with E-state index in [1.807, 2.05) is 25.3 Å². The fourth-order valence-electron chi connectivity index (χ4n) is 2.40. The Morgan fingerprint density at radius 2 is 2.19 bits per heavy atom. The van der Waals surface area contributed by atoms with E-state index in [4.69, 9.17) is 11.6 Å². The van der Waals surface area contributed by atoms with Crippen LogP contribution in [0.25, 0.3) is 11.0 Å². The molecule has 0 fully saturated rings. The summed E-state index contributed by atoms with van der Waals surface area (Å²) in [6.07, 6.45) is 0. The molecule has 0 aliphatic carbocycles. The van der Waals surface area contributed by atoms with E-state index in [-0.39, 0.29) is 17.1 Å². The summed E-state index contributed by atoms with van der Waals surface area (Å²) in [6.45, 7) is 5.93. The summed E-state index contributed by atoms with van der Waals surface area (Å²) in [5, 5.41) is 2.33. The maximum atomic E-state index is 13.4. The van der Waals surface area contributed by atoms with E-state index in [0.29, 0.717) is 17.9 Å². The van der Waals surface area contributed by atoms with Crippen molar-refractivity contribution in [1.29, 1.82) is 0 Å². The number of fused-ring (bicyclic) bond motifs is 1. The highest BCUT2D eigenvalue weighted by atomic mass is 35.5. The van der Waals surface area contributed by atoms with E-state index in [2.05, 4.69) is 10.3 Å². The maximum Gasteiger partial charge on any atom is 0.227 e. The predicted octanol–water partition coefficient (Wildman–Crippen LogP) is 3.25. The summed E-state index contributed by atoms with van der Waals surface area (Å²) in [7, 11) is 1.61. The van der Waals surface area contributed by atoms with Crippen LogP contribution in [0, 0.1) is 11.2 Å². The monoisotopic (exact) mass is 311 g/mol. The van der Waals surface area contributed by atoms with Crippen molar-refractivity contribution in [1.82, 2.24) is 14.9 Å². The normalized spacial score (nSPS) is 13.4. The lowest BCUT2D eigenvalue weighted by Crippen LogP contribution is -2.38. The molecule has 1 N–H and O–H groups in total. The highest BCUT2D eigenvalue weighted by molar-refractivity contribution is 6.20. The van der Waals surface area contributed by atoms with Crippen LogP contribution in [0.1, 0.15) is 32.0 Å². The van der Waals surface area contributed by atoms with Crippen molar-refractivity contribution in [3.63, 3.8) is 0 Å². The van der Waals surface area contributed by atoms with Gasteiger partial charge in [-0.05, 0) is 32.9 Å². The second kappa shape index (κ2) is 5.64. The minimum atomic E-state index is -0.628. The van der Waals surface area contributed by atoms with Gasteiger partial charge in [0.25, 0.3) is 0 Å². The Labute approximate surface area is 128 Å². The van der Waals surface area contributed by atoms with E-state index in [0.717, 1.165) is 5.52 Å². The summed E-state index contributed by atoms with van der Waals surface area (Å²) in [5.74, 6) is 0.223. The Balaban J connectivity index is 2.56. The van der Waals surface area contributed by atoms with E-state index in [1.54, 1.807) is 13.1 Å². The van der Waals surface area contributed by atoms with Gasteiger partial charge in [0.15, 0.2) is 0 Å². The van der Waals surface area contributed by atoms with Crippen LogP contribution < -0.4 is 5.32 Å². The number of hydrogen-bond acceptors (Lipinski definition) is 2. The van der Waals surface area contributed by atoms with Gasteiger partial charge in [-0.15, -0.1) is 11.6 Å². The zero-order chi connectivity index (χ0) is 15.8. The van der Waals surface area contributed by atoms with E-state index in [9.17, 15) is 9.18 Å². The fourth-order valence-corrected chi connectivity index (χ4v) is 2.56. The Morgan fingerprint density at radius 3 is 2.76 bits per heavy atom. The lowest BCUT2D eigenvalue weighted by Gasteiger charge is -2.25. The molecular weight excluding hydrogens is 293 g/mol. The van der Waals surface area contributed by atoms with Crippen LogP contribution in [0.2, 0.25) is 0 Å². The Kier molecular flexibility index (Phi) is 4.23. The van der Waals surface area contributed by atoms with Crippen molar-refractivity contribution in [2.24, 2.45) is 5.41 Å². The van der Waals surface area contributed by atoms with Crippen LogP contribution in [-0.2, 0) is 11.3 Å². The third kappa shape index (κ3) is 3.02. The molecule has 21 heavy (non-hydrogen) atoms. The van der Waals surface area contributed by atoms with Gasteiger partial charge in [-0.3, -0.25) is 4.79 Å². The first kappa shape index (κ1) is 15.8. The first-order chi connectivity index (χ1) is 9.76. The zero-order valence-corrected chi connectivity index (χ0v) is 13.3. The third-order valence-corrected chi connectivity index (χ3v) is 3.69. The number of hydrogen-bond donors (Lipinski definition) is 1. The Bertz CT molecular complexity index is 679. The minimum absolute atomic E-state index is 0.0698. The van der Waals surface area contributed by atoms with E-state index >= 15 is 0 Å². The molecule has 0 radical (unpaired) electrons. The molecule has 1 atom stereocenters. The van der Waals surface area contributed by atoms with Gasteiger partial charge in [-0.2, -0.15) is 0 Å². The van der Waals surface area contributed by atoms with Gasteiger partial charge < -0.3 is 9.88 Å². The molecular formula is C15H19ClFN3O. The molecule has 2 rings (SSSR count). The zero-order valence-electron chi connectivity index (χ0n) is 12.6. The summed E-state index contributed by atoms with van der Waals surface area (Å²) in [5.41, 5.74) is 0.693. The standard InChI is InChI=1S/C15H19ClFN3O/c1-9(16)13-19-11-7-10(17)5-6-12(11)20(13)8-15(2,3)14(21)18-4/h5-7,9H,8H2,1-4H3,(H,18,21). The molecule has 1 unspecified atom stereocenters. The second-order valence-electron chi connectivity index (χ2n) is 5.77. The van der Waals surface area contributed by atoms with Crippen molar-refractivity contribution in [2.45, 2.75) is 32.7 Å². The molecule has 1 aromatic heterocycles. The average Bonchev–Trinajstić information content (AvgIpc) is 2.75. The number of rotatable bonds is 4. The lowest BCUT2D eigenvalue weighted by atomic mass is 9.92. The molecule has 0 aliphatic rings. The topological polar surface area (TPSA) is 46.9 Å². The lowest BCUT2D eigenvalue weighted by molar-refractivity contribution is -0.129. The highest BCUT2D eigenvalue weighted by Crippen LogP contribution is 2.29. The van der Waals surface area contributed by atoms with Crippen LogP contribution in [0.15, 0.2) is 18.2 Å². The van der Waals surface area contributed by atoms with Crippen molar-refractivity contribution in [3.8, 4) is 0 Å². The summed E-state index contributed by atoms with van der Waals surface area (Å²) in [6, 6.07) is 4.43. The molecule has 0 aliphatic heterocycles. The van der Waals surface area contributed by atoms with Gasteiger partial charge in [0.2, 0.25) is 5.91 Å². The number of benzene rings is 1. The first-order valence-corrected chi connectivity index (χ1v) is 7.22. The average molecular weight is 312 g/mol. The molecule has 114 valence electrons. The van der Waals surface area contributed by atoms with Crippen LogP contribution in [0.5, 0.6) is 0 Å². The molecule has 2 aromatic rings. The van der Waals surface area contributed by atoms with Gasteiger partial charge in [-0.25, -0.2) is 9.37 Å². The van der Waals surface area contributed by atoms with E-state index in [1.165, 1.54) is 12.1 Å². The van der Waals surface area contributed by atoms with E-state index < -0.39 is 5.41 Å². The number of amides is 1. The summed E-state index contributed by atoms with van der Waals surface area (Å²) in [4.78, 5) is 16.4. The van der Waals surface area contributed by atoms with Crippen LogP contribution in [0.4, 0.5) is 4.39 Å². The molecule has 1 heterocycles. The van der Waals surface area contributed by atoms with Crippen molar-refractivity contribution in [3.05, 3.63) is 29.8 Å².